The second-order valence-electron chi connectivity index (χ2n) is 8.27. The molecule has 0 saturated carbocycles. The van der Waals surface area contributed by atoms with Crippen LogP contribution in [-0.4, -0.2) is 75.3 Å². The first-order valence-electron chi connectivity index (χ1n) is 11.4. The van der Waals surface area contributed by atoms with Crippen LogP contribution in [0.15, 0.2) is 35.2 Å². The lowest BCUT2D eigenvalue weighted by atomic mass is 9.97. The molecule has 3 aromatic heterocycles. The molecule has 1 amide bonds. The van der Waals surface area contributed by atoms with Gasteiger partial charge in [0.15, 0.2) is 0 Å². The molecule has 5 rings (SSSR count). The third kappa shape index (κ3) is 4.56. The second-order valence-corrected chi connectivity index (χ2v) is 8.27. The van der Waals surface area contributed by atoms with Gasteiger partial charge in [-0.2, -0.15) is 4.98 Å². The first-order chi connectivity index (χ1) is 16.2. The minimum Gasteiger partial charge on any atom is -0.378 e. The van der Waals surface area contributed by atoms with E-state index in [0.29, 0.717) is 56.0 Å². The summed E-state index contributed by atoms with van der Waals surface area (Å²) in [4.78, 5) is 35.3. The fourth-order valence-corrected chi connectivity index (χ4v) is 4.32. The van der Waals surface area contributed by atoms with Crippen molar-refractivity contribution in [3.63, 3.8) is 0 Å². The van der Waals surface area contributed by atoms with Gasteiger partial charge >= 0.3 is 0 Å². The average molecular weight is 450 g/mol. The Bertz CT molecular complexity index is 1100. The van der Waals surface area contributed by atoms with Gasteiger partial charge in [0.05, 0.1) is 30.4 Å². The molecule has 0 unspecified atom stereocenters. The predicted molar refractivity (Wildman–Crippen MR) is 120 cm³/mol. The maximum Gasteiger partial charge on any atom is 0.257 e. The number of likely N-dealkylation sites (tertiary alicyclic amines) is 1. The number of hydrogen-bond acceptors (Lipinski definition) is 9. The van der Waals surface area contributed by atoms with E-state index in [1.807, 2.05) is 24.0 Å². The van der Waals surface area contributed by atoms with E-state index < -0.39 is 0 Å². The molecule has 172 valence electrons. The molecule has 0 spiro atoms. The zero-order valence-corrected chi connectivity index (χ0v) is 18.7. The molecule has 2 aliphatic rings. The molecule has 0 bridgehead atoms. The molecule has 0 aliphatic carbocycles. The van der Waals surface area contributed by atoms with Crippen LogP contribution in [0.3, 0.4) is 0 Å². The maximum atomic E-state index is 13.4. The second kappa shape index (κ2) is 9.62. The molecule has 0 radical (unpaired) electrons. The SMILES string of the molecule is CCc1nc(N2CCOCC2)ncc1C(=O)N1CCC[C@@H](c2nc(-c3cccnc3)no2)C1. The number of aryl methyl sites for hydroxylation is 1. The molecule has 33 heavy (non-hydrogen) atoms. The number of carbonyl (C=O) groups is 1. The van der Waals surface area contributed by atoms with Crippen molar-refractivity contribution in [2.75, 3.05) is 44.3 Å². The fourth-order valence-electron chi connectivity index (χ4n) is 4.32. The lowest BCUT2D eigenvalue weighted by Crippen LogP contribution is -2.40. The van der Waals surface area contributed by atoms with Crippen molar-refractivity contribution in [1.82, 2.24) is 30.0 Å². The highest BCUT2D eigenvalue weighted by Crippen LogP contribution is 2.28. The number of amides is 1. The van der Waals surface area contributed by atoms with E-state index in [1.54, 1.807) is 18.6 Å². The van der Waals surface area contributed by atoms with Crippen molar-refractivity contribution >= 4 is 11.9 Å². The summed E-state index contributed by atoms with van der Waals surface area (Å²) in [6.45, 7) is 6.08. The van der Waals surface area contributed by atoms with Crippen molar-refractivity contribution in [3.05, 3.63) is 47.9 Å². The van der Waals surface area contributed by atoms with Gasteiger partial charge in [-0.05, 0) is 31.4 Å². The highest BCUT2D eigenvalue weighted by Gasteiger charge is 2.30. The van der Waals surface area contributed by atoms with Crippen LogP contribution >= 0.6 is 0 Å². The van der Waals surface area contributed by atoms with Gasteiger partial charge < -0.3 is 19.1 Å². The van der Waals surface area contributed by atoms with Crippen LogP contribution in [0.2, 0.25) is 0 Å². The number of pyridine rings is 1. The highest BCUT2D eigenvalue weighted by molar-refractivity contribution is 5.95. The van der Waals surface area contributed by atoms with E-state index in [4.69, 9.17) is 14.2 Å². The van der Waals surface area contributed by atoms with Crippen molar-refractivity contribution in [2.45, 2.75) is 32.1 Å². The van der Waals surface area contributed by atoms with E-state index in [9.17, 15) is 4.79 Å². The summed E-state index contributed by atoms with van der Waals surface area (Å²) in [5, 5.41) is 4.11. The van der Waals surface area contributed by atoms with Gasteiger partial charge in [0, 0.05) is 50.3 Å². The number of piperidine rings is 1. The third-order valence-electron chi connectivity index (χ3n) is 6.13. The summed E-state index contributed by atoms with van der Waals surface area (Å²) in [5.41, 5.74) is 2.15. The van der Waals surface area contributed by atoms with Crippen molar-refractivity contribution in [2.24, 2.45) is 0 Å². The summed E-state index contributed by atoms with van der Waals surface area (Å²) >= 11 is 0. The third-order valence-corrected chi connectivity index (χ3v) is 6.13. The largest absolute Gasteiger partial charge is 0.378 e. The van der Waals surface area contributed by atoms with Gasteiger partial charge in [-0.25, -0.2) is 9.97 Å². The minimum absolute atomic E-state index is 0.000704. The van der Waals surface area contributed by atoms with E-state index >= 15 is 0 Å². The number of anilines is 1. The van der Waals surface area contributed by atoms with Crippen LogP contribution in [0.4, 0.5) is 5.95 Å². The Morgan fingerprint density at radius 3 is 2.85 bits per heavy atom. The first kappa shape index (κ1) is 21.4. The molecule has 2 aliphatic heterocycles. The van der Waals surface area contributed by atoms with Gasteiger partial charge in [-0.3, -0.25) is 9.78 Å². The number of rotatable bonds is 5. The number of hydrogen-bond donors (Lipinski definition) is 0. The van der Waals surface area contributed by atoms with Crippen LogP contribution in [0.25, 0.3) is 11.4 Å². The van der Waals surface area contributed by atoms with Crippen LogP contribution in [0.1, 0.15) is 47.6 Å². The predicted octanol–water partition coefficient (Wildman–Crippen LogP) is 2.34. The number of nitrogens with zero attached hydrogens (tertiary/aromatic N) is 7. The topological polar surface area (TPSA) is 110 Å². The number of morpholine rings is 1. The van der Waals surface area contributed by atoms with E-state index in [0.717, 1.165) is 37.2 Å². The molecule has 2 fully saturated rings. The van der Waals surface area contributed by atoms with Crippen LogP contribution in [-0.2, 0) is 11.2 Å². The summed E-state index contributed by atoms with van der Waals surface area (Å²) < 4.78 is 11.0. The van der Waals surface area contributed by atoms with Crippen molar-refractivity contribution < 1.29 is 14.1 Å². The van der Waals surface area contributed by atoms with E-state index in [1.165, 1.54) is 0 Å². The minimum atomic E-state index is -0.0444. The first-order valence-corrected chi connectivity index (χ1v) is 11.4. The van der Waals surface area contributed by atoms with Gasteiger partial charge in [0.2, 0.25) is 17.7 Å². The molecule has 2 saturated heterocycles. The van der Waals surface area contributed by atoms with E-state index in [-0.39, 0.29) is 11.8 Å². The van der Waals surface area contributed by atoms with Crippen molar-refractivity contribution in [1.29, 1.82) is 0 Å². The highest BCUT2D eigenvalue weighted by atomic mass is 16.5. The Hall–Kier alpha value is -3.40. The fraction of sp³-hybridized carbons (Fsp3) is 0.478. The lowest BCUT2D eigenvalue weighted by Gasteiger charge is -2.31. The normalized spacial score (nSPS) is 19.0. The zero-order valence-electron chi connectivity index (χ0n) is 18.7. The molecule has 5 heterocycles. The summed E-state index contributed by atoms with van der Waals surface area (Å²) in [5.74, 6) is 1.69. The van der Waals surface area contributed by atoms with Crippen molar-refractivity contribution in [3.8, 4) is 11.4 Å². The molecule has 1 atom stereocenters. The quantitative estimate of drug-likeness (QED) is 0.579. The Labute approximate surface area is 192 Å². The summed E-state index contributed by atoms with van der Waals surface area (Å²) in [7, 11) is 0. The van der Waals surface area contributed by atoms with E-state index in [2.05, 4.69) is 25.0 Å². The number of ether oxygens (including phenoxy) is 1. The molecule has 10 heteroatoms. The zero-order chi connectivity index (χ0) is 22.6. The number of carbonyl (C=O) groups excluding carboxylic acids is 1. The standard InChI is InChI=1S/C23H27N7O3/c1-2-19-18(14-25-23(26-19)29-9-11-32-12-10-29)22(31)30-8-4-6-17(15-30)21-27-20(28-33-21)16-5-3-7-24-13-16/h3,5,7,13-14,17H,2,4,6,8-12,15H2,1H3/t17-/m1/s1. The molecule has 0 N–H and O–H groups in total. The monoisotopic (exact) mass is 449 g/mol. The summed E-state index contributed by atoms with van der Waals surface area (Å²) in [6, 6.07) is 3.73. The average Bonchev–Trinajstić information content (AvgIpc) is 3.39. The van der Waals surface area contributed by atoms with Crippen LogP contribution in [0.5, 0.6) is 0 Å². The maximum absolute atomic E-state index is 13.4. The lowest BCUT2D eigenvalue weighted by molar-refractivity contribution is 0.0693. The Morgan fingerprint density at radius 1 is 1.18 bits per heavy atom. The Morgan fingerprint density at radius 2 is 2.06 bits per heavy atom. The van der Waals surface area contributed by atoms with Crippen LogP contribution in [0, 0.1) is 0 Å². The molecular formula is C23H27N7O3. The Balaban J connectivity index is 1.31. The molecule has 0 aromatic carbocycles. The van der Waals surface area contributed by atoms with Gasteiger partial charge in [0.1, 0.15) is 0 Å². The summed E-state index contributed by atoms with van der Waals surface area (Å²) in [6.07, 6.45) is 7.52. The smallest absolute Gasteiger partial charge is 0.257 e. The number of aromatic nitrogens is 5. The van der Waals surface area contributed by atoms with Gasteiger partial charge in [-0.1, -0.05) is 12.1 Å². The Kier molecular flexibility index (Phi) is 6.25. The van der Waals surface area contributed by atoms with Gasteiger partial charge in [-0.15, -0.1) is 0 Å². The molecular weight excluding hydrogens is 422 g/mol. The van der Waals surface area contributed by atoms with Gasteiger partial charge in [0.25, 0.3) is 5.91 Å². The molecule has 10 nitrogen and oxygen atoms in total. The van der Waals surface area contributed by atoms with Crippen LogP contribution < -0.4 is 4.90 Å². The molecule has 3 aromatic rings.